The first kappa shape index (κ1) is 16.0. The topological polar surface area (TPSA) is 78.9 Å². The Morgan fingerprint density at radius 1 is 1.30 bits per heavy atom. The van der Waals surface area contributed by atoms with E-state index in [4.69, 9.17) is 9.84 Å². The van der Waals surface area contributed by atoms with Crippen LogP contribution in [0.4, 0.5) is 4.79 Å². The predicted molar refractivity (Wildman–Crippen MR) is 74.8 cm³/mol. The summed E-state index contributed by atoms with van der Waals surface area (Å²) in [6.07, 6.45) is 0.785. The summed E-state index contributed by atoms with van der Waals surface area (Å²) in [4.78, 5) is 24.1. The second-order valence-corrected chi connectivity index (χ2v) is 4.43. The second kappa shape index (κ2) is 8.16. The van der Waals surface area contributed by atoms with Gasteiger partial charge in [-0.25, -0.2) is 9.59 Å². The van der Waals surface area contributed by atoms with E-state index in [1.165, 1.54) is 12.1 Å². The fourth-order valence-corrected chi connectivity index (χ4v) is 1.63. The number of methoxy groups -OCH3 is 1. The number of aromatic carboxylic acids is 1. The molecule has 0 aromatic heterocycles. The van der Waals surface area contributed by atoms with Crippen LogP contribution in [-0.2, 0) is 11.3 Å². The van der Waals surface area contributed by atoms with Gasteiger partial charge in [0.1, 0.15) is 0 Å². The van der Waals surface area contributed by atoms with E-state index < -0.39 is 5.97 Å². The third-order valence-corrected chi connectivity index (χ3v) is 2.83. The van der Waals surface area contributed by atoms with Gasteiger partial charge in [0.2, 0.25) is 0 Å². The van der Waals surface area contributed by atoms with Gasteiger partial charge in [-0.1, -0.05) is 12.1 Å². The summed E-state index contributed by atoms with van der Waals surface area (Å²) in [5.41, 5.74) is 1.09. The van der Waals surface area contributed by atoms with Crippen molar-refractivity contribution in [1.29, 1.82) is 0 Å². The maximum atomic E-state index is 11.8. The van der Waals surface area contributed by atoms with E-state index >= 15 is 0 Å². The van der Waals surface area contributed by atoms with Crippen LogP contribution >= 0.6 is 0 Å². The summed E-state index contributed by atoms with van der Waals surface area (Å²) in [6.45, 7) is 1.61. The number of urea groups is 1. The molecular weight excluding hydrogens is 260 g/mol. The first-order chi connectivity index (χ1) is 9.54. The van der Waals surface area contributed by atoms with Gasteiger partial charge in [-0.15, -0.1) is 0 Å². The van der Waals surface area contributed by atoms with E-state index in [0.717, 1.165) is 12.0 Å². The Morgan fingerprint density at radius 3 is 2.50 bits per heavy atom. The van der Waals surface area contributed by atoms with Crippen molar-refractivity contribution in [2.24, 2.45) is 0 Å². The third-order valence-electron chi connectivity index (χ3n) is 2.83. The van der Waals surface area contributed by atoms with Gasteiger partial charge >= 0.3 is 12.0 Å². The molecule has 0 atom stereocenters. The van der Waals surface area contributed by atoms with E-state index in [1.54, 1.807) is 31.2 Å². The van der Waals surface area contributed by atoms with Crippen molar-refractivity contribution in [2.75, 3.05) is 27.3 Å². The average molecular weight is 280 g/mol. The number of carboxylic acid groups (broad SMARTS) is 1. The molecule has 0 bridgehead atoms. The molecule has 0 aliphatic carbocycles. The third kappa shape index (κ3) is 5.27. The molecule has 0 unspecified atom stereocenters. The summed E-state index contributed by atoms with van der Waals surface area (Å²) in [5.74, 6) is -0.960. The van der Waals surface area contributed by atoms with Crippen molar-refractivity contribution >= 4 is 12.0 Å². The minimum Gasteiger partial charge on any atom is -0.478 e. The Morgan fingerprint density at radius 2 is 1.95 bits per heavy atom. The van der Waals surface area contributed by atoms with E-state index in [9.17, 15) is 9.59 Å². The Balaban J connectivity index is 2.38. The lowest BCUT2D eigenvalue weighted by atomic mass is 10.1. The molecule has 110 valence electrons. The van der Waals surface area contributed by atoms with Gasteiger partial charge in [0.25, 0.3) is 0 Å². The van der Waals surface area contributed by atoms with Gasteiger partial charge in [0.05, 0.1) is 5.56 Å². The number of carbonyl (C=O) groups excluding carboxylic acids is 1. The first-order valence-corrected chi connectivity index (χ1v) is 6.34. The van der Waals surface area contributed by atoms with Gasteiger partial charge in [0.15, 0.2) is 0 Å². The van der Waals surface area contributed by atoms with Crippen LogP contribution in [0.3, 0.4) is 0 Å². The lowest BCUT2D eigenvalue weighted by molar-refractivity contribution is 0.0697. The second-order valence-electron chi connectivity index (χ2n) is 4.43. The smallest absolute Gasteiger partial charge is 0.335 e. The van der Waals surface area contributed by atoms with E-state index in [0.29, 0.717) is 19.7 Å². The number of nitrogens with zero attached hydrogens (tertiary/aromatic N) is 1. The summed E-state index contributed by atoms with van der Waals surface area (Å²) >= 11 is 0. The molecule has 0 aliphatic rings. The molecule has 2 N–H and O–H groups in total. The number of carbonyl (C=O) groups is 2. The number of nitrogens with one attached hydrogen (secondary N) is 1. The van der Waals surface area contributed by atoms with Gasteiger partial charge in [-0.05, 0) is 24.1 Å². The van der Waals surface area contributed by atoms with Gasteiger partial charge < -0.3 is 20.1 Å². The highest BCUT2D eigenvalue weighted by Gasteiger charge is 2.07. The van der Waals surface area contributed by atoms with Crippen molar-refractivity contribution < 1.29 is 19.4 Å². The molecule has 0 aliphatic heterocycles. The number of carboxylic acids is 1. The maximum absolute atomic E-state index is 11.8. The van der Waals surface area contributed by atoms with Crippen LogP contribution in [0, 0.1) is 0 Å². The highest BCUT2D eigenvalue weighted by Crippen LogP contribution is 2.04. The molecule has 0 heterocycles. The van der Waals surface area contributed by atoms with Crippen molar-refractivity contribution in [2.45, 2.75) is 13.0 Å². The monoisotopic (exact) mass is 280 g/mol. The lowest BCUT2D eigenvalue weighted by Gasteiger charge is -2.17. The number of hydrogen-bond acceptors (Lipinski definition) is 3. The highest BCUT2D eigenvalue weighted by atomic mass is 16.5. The minimum absolute atomic E-state index is 0.164. The minimum atomic E-state index is -0.960. The fraction of sp³-hybridized carbons (Fsp3) is 0.429. The van der Waals surface area contributed by atoms with Crippen LogP contribution in [-0.4, -0.2) is 49.3 Å². The molecule has 1 aromatic carbocycles. The largest absolute Gasteiger partial charge is 0.478 e. The molecule has 0 saturated carbocycles. The quantitative estimate of drug-likeness (QED) is 0.743. The van der Waals surface area contributed by atoms with Crippen LogP contribution < -0.4 is 5.32 Å². The fourth-order valence-electron chi connectivity index (χ4n) is 1.63. The Bertz CT molecular complexity index is 445. The molecule has 1 rings (SSSR count). The first-order valence-electron chi connectivity index (χ1n) is 6.34. The zero-order valence-corrected chi connectivity index (χ0v) is 11.8. The number of benzene rings is 1. The molecule has 0 fully saturated rings. The van der Waals surface area contributed by atoms with Crippen molar-refractivity contribution in [1.82, 2.24) is 10.2 Å². The molecule has 1 aromatic rings. The van der Waals surface area contributed by atoms with Crippen LogP contribution in [0.25, 0.3) is 0 Å². The lowest BCUT2D eigenvalue weighted by Crippen LogP contribution is -2.37. The van der Waals surface area contributed by atoms with Crippen LogP contribution in [0.5, 0.6) is 0 Å². The number of rotatable bonds is 7. The molecule has 0 radical (unpaired) electrons. The summed E-state index contributed by atoms with van der Waals surface area (Å²) in [5, 5.41) is 11.6. The van der Waals surface area contributed by atoms with Crippen molar-refractivity contribution in [3.05, 3.63) is 35.4 Å². The number of hydrogen-bond donors (Lipinski definition) is 2. The zero-order chi connectivity index (χ0) is 15.0. The Kier molecular flexibility index (Phi) is 6.52. The van der Waals surface area contributed by atoms with Crippen LogP contribution in [0.2, 0.25) is 0 Å². The normalized spacial score (nSPS) is 10.1. The van der Waals surface area contributed by atoms with E-state index in [-0.39, 0.29) is 11.6 Å². The molecule has 6 heteroatoms. The average Bonchev–Trinajstić information content (AvgIpc) is 2.45. The molecule has 2 amide bonds. The molecule has 6 nitrogen and oxygen atoms in total. The summed E-state index contributed by atoms with van der Waals surface area (Å²) in [6, 6.07) is 6.25. The number of amides is 2. The standard InChI is InChI=1S/C14H20N2O4/c1-16(8-3-9-20-2)14(19)15-10-11-4-6-12(7-5-11)13(17)18/h4-7H,3,8-10H2,1-2H3,(H,15,19)(H,17,18). The van der Waals surface area contributed by atoms with Crippen molar-refractivity contribution in [3.63, 3.8) is 0 Å². The maximum Gasteiger partial charge on any atom is 0.335 e. The summed E-state index contributed by atoms with van der Waals surface area (Å²) < 4.78 is 4.93. The highest BCUT2D eigenvalue weighted by molar-refractivity contribution is 5.87. The SMILES string of the molecule is COCCCN(C)C(=O)NCc1ccc(C(=O)O)cc1. The zero-order valence-electron chi connectivity index (χ0n) is 11.8. The van der Waals surface area contributed by atoms with Crippen LogP contribution in [0.15, 0.2) is 24.3 Å². The predicted octanol–water partition coefficient (Wildman–Crippen LogP) is 1.56. The summed E-state index contributed by atoms with van der Waals surface area (Å²) in [7, 11) is 3.35. The van der Waals surface area contributed by atoms with Gasteiger partial charge in [-0.3, -0.25) is 0 Å². The van der Waals surface area contributed by atoms with E-state index in [2.05, 4.69) is 5.32 Å². The van der Waals surface area contributed by atoms with Gasteiger partial charge in [0, 0.05) is 33.9 Å². The molecule has 0 saturated heterocycles. The molecular formula is C14H20N2O4. The Labute approximate surface area is 118 Å². The molecule has 20 heavy (non-hydrogen) atoms. The van der Waals surface area contributed by atoms with Gasteiger partial charge in [-0.2, -0.15) is 0 Å². The number of ether oxygens (including phenoxy) is 1. The van der Waals surface area contributed by atoms with Crippen LogP contribution in [0.1, 0.15) is 22.3 Å². The van der Waals surface area contributed by atoms with Crippen molar-refractivity contribution in [3.8, 4) is 0 Å². The van der Waals surface area contributed by atoms with E-state index in [1.807, 2.05) is 0 Å². The Hall–Kier alpha value is -2.08. The molecule has 0 spiro atoms.